The fourth-order valence-corrected chi connectivity index (χ4v) is 5.06. The predicted octanol–water partition coefficient (Wildman–Crippen LogP) is -6.15. The smallest absolute Gasteiger partial charge is 0.394 e. The standard InChI is InChI=1S/C16H20N5O15P/c22-1-3(24)6(25)8(27)9(28)13(31)21-15-18-11(30)5-12-19(14-10(29)7(26)4(2-23)33-14)16(17-5)34-37(32,36-21)35-20(12)15/h3-4,6-10,14,22-29H,1-2H2. The maximum atomic E-state index is 13.2. The molecule has 2 aromatic rings. The van der Waals surface area contributed by atoms with E-state index in [9.17, 15) is 49.9 Å². The number of carbonyl (C=O) groups is 1. The van der Waals surface area contributed by atoms with E-state index >= 15 is 0 Å². The number of aromatic nitrogens is 4. The van der Waals surface area contributed by atoms with Crippen LogP contribution in [0.25, 0.3) is 11.2 Å². The molecule has 0 aliphatic carbocycles. The predicted molar refractivity (Wildman–Crippen MR) is 109 cm³/mol. The molecular formula is C16H20N5O15P. The summed E-state index contributed by atoms with van der Waals surface area (Å²) in [4.78, 5) is 33.1. The van der Waals surface area contributed by atoms with Crippen LogP contribution in [0, 0.1) is 0 Å². The van der Waals surface area contributed by atoms with Crippen molar-refractivity contribution in [3.8, 4) is 6.01 Å². The summed E-state index contributed by atoms with van der Waals surface area (Å²) in [5.41, 5.74) is -2.10. The van der Waals surface area contributed by atoms with E-state index in [0.29, 0.717) is 4.73 Å². The number of anilines is 1. The number of hydrogen-bond acceptors (Lipinski definition) is 17. The van der Waals surface area contributed by atoms with E-state index in [1.54, 1.807) is 0 Å². The Hall–Kier alpha value is -2.75. The molecular weight excluding hydrogens is 533 g/mol. The number of hydrogen-bond donors (Lipinski definition) is 8. The van der Waals surface area contributed by atoms with E-state index in [2.05, 4.69) is 9.97 Å². The van der Waals surface area contributed by atoms with Crippen molar-refractivity contribution in [2.24, 2.45) is 0 Å². The van der Waals surface area contributed by atoms with Crippen LogP contribution in [0.1, 0.15) is 6.23 Å². The summed E-state index contributed by atoms with van der Waals surface area (Å²) in [5, 5.41) is 78.6. The van der Waals surface area contributed by atoms with Crippen molar-refractivity contribution in [1.29, 1.82) is 0 Å². The summed E-state index contributed by atoms with van der Waals surface area (Å²) in [6.45, 7) is -1.75. The monoisotopic (exact) mass is 553 g/mol. The van der Waals surface area contributed by atoms with Crippen LogP contribution < -0.4 is 19.8 Å². The van der Waals surface area contributed by atoms with Crippen LogP contribution in [0.3, 0.4) is 0 Å². The number of rotatable bonds is 7. The lowest BCUT2D eigenvalue weighted by Crippen LogP contribution is -2.54. The Morgan fingerprint density at radius 2 is 1.76 bits per heavy atom. The highest BCUT2D eigenvalue weighted by Crippen LogP contribution is 2.54. The molecule has 1 amide bonds. The summed E-state index contributed by atoms with van der Waals surface area (Å²) < 4.78 is 35.2. The molecule has 3 aliphatic heterocycles. The number of aliphatic hydroxyl groups is 8. The Bertz CT molecular complexity index is 1350. The molecule has 37 heavy (non-hydrogen) atoms. The molecule has 1 fully saturated rings. The van der Waals surface area contributed by atoms with E-state index in [-0.39, 0.29) is 5.06 Å². The van der Waals surface area contributed by atoms with Crippen LogP contribution >= 0.6 is 7.82 Å². The highest BCUT2D eigenvalue weighted by molar-refractivity contribution is 7.49. The molecule has 4 bridgehead atoms. The van der Waals surface area contributed by atoms with Gasteiger partial charge >= 0.3 is 19.4 Å². The highest BCUT2D eigenvalue weighted by Gasteiger charge is 2.54. The van der Waals surface area contributed by atoms with Gasteiger partial charge < -0.3 is 50.1 Å². The minimum absolute atomic E-state index is 0.0192. The Balaban J connectivity index is 1.62. The molecule has 9 unspecified atom stereocenters. The number of fused-ring (bicyclic) bond motifs is 2. The third kappa shape index (κ3) is 3.82. The van der Waals surface area contributed by atoms with E-state index in [1.807, 2.05) is 0 Å². The van der Waals surface area contributed by atoms with Gasteiger partial charge in [-0.15, -0.1) is 14.4 Å². The van der Waals surface area contributed by atoms with Gasteiger partial charge in [0.15, 0.2) is 23.5 Å². The number of ether oxygens (including phenoxy) is 1. The number of phosphoric acid groups is 1. The van der Waals surface area contributed by atoms with Crippen molar-refractivity contribution in [1.82, 2.24) is 19.3 Å². The average molecular weight is 553 g/mol. The van der Waals surface area contributed by atoms with Gasteiger partial charge in [0.2, 0.25) is 0 Å². The van der Waals surface area contributed by atoms with Gasteiger partial charge in [-0.1, -0.05) is 0 Å². The second-order valence-electron chi connectivity index (χ2n) is 8.19. The van der Waals surface area contributed by atoms with Crippen molar-refractivity contribution < 1.29 is 68.7 Å². The van der Waals surface area contributed by atoms with Crippen LogP contribution in [0.5, 0.6) is 6.01 Å². The zero-order valence-electron chi connectivity index (χ0n) is 18.2. The topological polar surface area (TPSA) is 289 Å². The average Bonchev–Trinajstić information content (AvgIpc) is 3.34. The number of carbonyl (C=O) groups excluding carboxylic acids is 1. The van der Waals surface area contributed by atoms with Gasteiger partial charge in [0, 0.05) is 0 Å². The molecule has 1 saturated heterocycles. The van der Waals surface area contributed by atoms with Crippen molar-refractivity contribution >= 4 is 30.8 Å². The number of aliphatic hydroxyl groups excluding tert-OH is 8. The van der Waals surface area contributed by atoms with Gasteiger partial charge in [-0.05, 0) is 0 Å². The molecule has 204 valence electrons. The van der Waals surface area contributed by atoms with Crippen LogP contribution in [0.2, 0.25) is 0 Å². The summed E-state index contributed by atoms with van der Waals surface area (Å²) in [5.74, 6) is -2.55. The Labute approximate surface area is 203 Å². The molecule has 0 aromatic carbocycles. The van der Waals surface area contributed by atoms with Crippen LogP contribution in [0.15, 0.2) is 4.79 Å². The van der Waals surface area contributed by atoms with Crippen molar-refractivity contribution in [2.75, 3.05) is 18.3 Å². The largest absolute Gasteiger partial charge is 0.632 e. The SMILES string of the molecule is O=C(C(O)C(O)C(O)C(O)CO)N1OP2(=O)Oc3nc4c(=O)nc1n(c4n3C1OC(CO)C(O)C1O)O2. The summed E-state index contributed by atoms with van der Waals surface area (Å²) in [6.07, 6.45) is -15.4. The van der Waals surface area contributed by atoms with Gasteiger partial charge in [0.05, 0.1) is 13.2 Å². The normalized spacial score (nSPS) is 31.6. The van der Waals surface area contributed by atoms with Gasteiger partial charge in [0.25, 0.3) is 11.9 Å². The Kier molecular flexibility index (Phi) is 6.24. The van der Waals surface area contributed by atoms with Gasteiger partial charge in [0.1, 0.15) is 36.6 Å². The molecule has 9 atom stereocenters. The third-order valence-electron chi connectivity index (χ3n) is 5.85. The van der Waals surface area contributed by atoms with Crippen LogP contribution in [-0.2, 0) is 18.7 Å². The van der Waals surface area contributed by atoms with Gasteiger partial charge in [-0.2, -0.15) is 9.97 Å². The molecule has 8 N–H and O–H groups in total. The molecule has 3 aliphatic rings. The summed E-state index contributed by atoms with van der Waals surface area (Å²) >= 11 is 0. The minimum Gasteiger partial charge on any atom is -0.394 e. The van der Waals surface area contributed by atoms with Crippen molar-refractivity contribution in [2.45, 2.75) is 49.0 Å². The first-order valence-electron chi connectivity index (χ1n) is 10.5. The van der Waals surface area contributed by atoms with E-state index in [1.165, 1.54) is 0 Å². The van der Waals surface area contributed by atoms with E-state index in [0.717, 1.165) is 4.57 Å². The van der Waals surface area contributed by atoms with E-state index in [4.69, 9.17) is 23.6 Å². The Morgan fingerprint density at radius 3 is 2.38 bits per heavy atom. The maximum absolute atomic E-state index is 13.2. The Morgan fingerprint density at radius 1 is 1.05 bits per heavy atom. The number of nitrogens with zero attached hydrogens (tertiary/aromatic N) is 5. The van der Waals surface area contributed by atoms with E-state index < -0.39 is 105 Å². The lowest BCUT2D eigenvalue weighted by atomic mass is 10.0. The maximum Gasteiger partial charge on any atom is 0.632 e. The third-order valence-corrected chi connectivity index (χ3v) is 6.96. The first-order valence-corrected chi connectivity index (χ1v) is 11.9. The molecule has 5 heterocycles. The second-order valence-corrected chi connectivity index (χ2v) is 9.59. The minimum atomic E-state index is -4.92. The molecule has 2 aromatic heterocycles. The van der Waals surface area contributed by atoms with Crippen molar-refractivity contribution in [3.63, 3.8) is 0 Å². The molecule has 20 nitrogen and oxygen atoms in total. The fourth-order valence-electron chi connectivity index (χ4n) is 3.93. The molecule has 0 spiro atoms. The van der Waals surface area contributed by atoms with Gasteiger partial charge in [-0.25, -0.2) is 9.13 Å². The second kappa shape index (κ2) is 8.92. The number of hydroxylamine groups is 1. The molecule has 5 rings (SSSR count). The van der Waals surface area contributed by atoms with Crippen LogP contribution in [0.4, 0.5) is 5.95 Å². The molecule has 0 radical (unpaired) electrons. The first kappa shape index (κ1) is 25.9. The summed E-state index contributed by atoms with van der Waals surface area (Å²) in [6, 6.07) is -0.702. The highest BCUT2D eigenvalue weighted by atomic mass is 31.2. The number of amides is 1. The first-order chi connectivity index (χ1) is 17.4. The lowest BCUT2D eigenvalue weighted by molar-refractivity contribution is -0.151. The van der Waals surface area contributed by atoms with Crippen molar-refractivity contribution in [3.05, 3.63) is 10.4 Å². The molecule has 0 saturated carbocycles. The van der Waals surface area contributed by atoms with Gasteiger partial charge in [-0.3, -0.25) is 14.2 Å². The number of imidazole rings is 1. The van der Waals surface area contributed by atoms with Crippen LogP contribution in [-0.4, -0.2) is 122 Å². The zero-order valence-corrected chi connectivity index (χ0v) is 19.0. The summed E-state index contributed by atoms with van der Waals surface area (Å²) in [7, 11) is -4.92. The zero-order chi connectivity index (χ0) is 27.0. The fraction of sp³-hybridized carbons (Fsp3) is 0.625. The quantitative estimate of drug-likeness (QED) is 0.148. The molecule has 21 heteroatoms. The lowest BCUT2D eigenvalue weighted by Gasteiger charge is -2.32.